The fourth-order valence-corrected chi connectivity index (χ4v) is 3.87. The summed E-state index contributed by atoms with van der Waals surface area (Å²) in [5, 5.41) is 25.4. The average molecular weight is 471 g/mol. The summed E-state index contributed by atoms with van der Waals surface area (Å²) in [6, 6.07) is 3.42. The van der Waals surface area contributed by atoms with Crippen LogP contribution in [0.1, 0.15) is 29.5 Å². The molecule has 1 saturated heterocycles. The minimum atomic E-state index is -0.739. The lowest BCUT2D eigenvalue weighted by Gasteiger charge is -2.35. The van der Waals surface area contributed by atoms with Gasteiger partial charge in [-0.1, -0.05) is 0 Å². The summed E-state index contributed by atoms with van der Waals surface area (Å²) in [7, 11) is 1.59. The van der Waals surface area contributed by atoms with Gasteiger partial charge in [-0.05, 0) is 25.5 Å². The molecule has 1 aliphatic rings. The Bertz CT molecular complexity index is 1300. The minimum Gasteiger partial charge on any atom is -0.492 e. The van der Waals surface area contributed by atoms with Crippen LogP contribution in [-0.2, 0) is 0 Å². The van der Waals surface area contributed by atoms with Gasteiger partial charge < -0.3 is 20.7 Å². The quantitative estimate of drug-likeness (QED) is 0.538. The summed E-state index contributed by atoms with van der Waals surface area (Å²) in [6.45, 7) is 1.85. The van der Waals surface area contributed by atoms with Crippen molar-refractivity contribution in [1.82, 2.24) is 30.0 Å². The number of carbonyl (C=O) groups excluding carboxylic acids is 1. The number of aromatic hydroxyl groups is 1. The Labute approximate surface area is 192 Å². The van der Waals surface area contributed by atoms with Crippen molar-refractivity contribution in [2.45, 2.75) is 19.4 Å². The van der Waals surface area contributed by atoms with Crippen LogP contribution in [-0.4, -0.2) is 61.0 Å². The van der Waals surface area contributed by atoms with Crippen molar-refractivity contribution in [1.29, 1.82) is 5.41 Å². The number of hydrogen-bond donors (Lipinski definition) is 3. The lowest BCUT2D eigenvalue weighted by Crippen LogP contribution is -2.48. The average Bonchev–Trinajstić information content (AvgIpc) is 3.28. The van der Waals surface area contributed by atoms with E-state index < -0.39 is 35.3 Å². The molecule has 1 atom stereocenters. The maximum atomic E-state index is 13.7. The molecule has 3 N–H and O–H groups in total. The van der Waals surface area contributed by atoms with E-state index in [9.17, 15) is 23.1 Å². The molecule has 0 saturated carbocycles. The van der Waals surface area contributed by atoms with Crippen LogP contribution in [0.15, 0.2) is 42.4 Å². The zero-order chi connectivity index (χ0) is 24.6. The molecule has 0 unspecified atom stereocenters. The number of nitrogens with zero attached hydrogens (tertiary/aromatic N) is 5. The number of rotatable bonds is 4. The van der Waals surface area contributed by atoms with E-state index in [1.54, 1.807) is 14.0 Å². The first-order valence-corrected chi connectivity index (χ1v) is 10.2. The van der Waals surface area contributed by atoms with Gasteiger partial charge in [0.15, 0.2) is 0 Å². The molecule has 0 bridgehead atoms. The molecular formula is C22H20F3N7O2. The van der Waals surface area contributed by atoms with Crippen LogP contribution in [0, 0.1) is 22.9 Å². The molecule has 2 aromatic heterocycles. The van der Waals surface area contributed by atoms with Gasteiger partial charge in [0.25, 0.3) is 5.91 Å². The molecule has 0 radical (unpaired) electrons. The number of nitrogens with one attached hydrogen (secondary N) is 2. The number of piperidine rings is 1. The van der Waals surface area contributed by atoms with Crippen molar-refractivity contribution in [2.75, 3.05) is 13.6 Å². The second kappa shape index (κ2) is 8.96. The van der Waals surface area contributed by atoms with Gasteiger partial charge in [-0.15, -0.1) is 5.10 Å². The van der Waals surface area contributed by atoms with Gasteiger partial charge >= 0.3 is 0 Å². The molecule has 3 heterocycles. The van der Waals surface area contributed by atoms with E-state index >= 15 is 0 Å². The first-order valence-electron chi connectivity index (χ1n) is 10.2. The lowest BCUT2D eigenvalue weighted by atomic mass is 9.91. The standard InChI is InChI=1S/C22H20F3N7O2/c1-11-18(26)16(19(27-2)12-5-13(23)7-14(24)6-12)3-4-31(11)22(34)20-29-10-32(30-20)17-8-15(25)9-28-21(17)33/h5-11,26-27H,3-4H2,1-2H3,(H,28,33)/b19-16-,26-18?/t11-/m0/s1. The number of aromatic nitrogens is 4. The molecule has 34 heavy (non-hydrogen) atoms. The topological polar surface area (TPSA) is 120 Å². The fourth-order valence-electron chi connectivity index (χ4n) is 3.87. The highest BCUT2D eigenvalue weighted by Crippen LogP contribution is 2.28. The molecule has 1 amide bonds. The van der Waals surface area contributed by atoms with Crippen LogP contribution in [0.3, 0.4) is 0 Å². The summed E-state index contributed by atoms with van der Waals surface area (Å²) in [5.41, 5.74) is 1.20. The van der Waals surface area contributed by atoms with E-state index in [1.807, 2.05) is 0 Å². The predicted molar refractivity (Wildman–Crippen MR) is 116 cm³/mol. The third-order valence-corrected chi connectivity index (χ3v) is 5.52. The van der Waals surface area contributed by atoms with Gasteiger partial charge in [-0.2, -0.15) is 0 Å². The van der Waals surface area contributed by atoms with Crippen LogP contribution in [0.2, 0.25) is 0 Å². The van der Waals surface area contributed by atoms with Gasteiger partial charge in [0.05, 0.1) is 18.0 Å². The van der Waals surface area contributed by atoms with Gasteiger partial charge in [-0.25, -0.2) is 27.8 Å². The summed E-state index contributed by atoms with van der Waals surface area (Å²) in [4.78, 5) is 21.9. The van der Waals surface area contributed by atoms with Gasteiger partial charge in [0.1, 0.15) is 29.5 Å². The fraction of sp³-hybridized carbons (Fsp3) is 0.227. The smallest absolute Gasteiger partial charge is 0.294 e. The first kappa shape index (κ1) is 23.0. The highest BCUT2D eigenvalue weighted by Gasteiger charge is 2.34. The highest BCUT2D eigenvalue weighted by molar-refractivity contribution is 6.10. The second-order valence-corrected chi connectivity index (χ2v) is 7.61. The summed E-state index contributed by atoms with van der Waals surface area (Å²) in [6.07, 6.45) is 2.23. The number of carbonyl (C=O) groups is 1. The van der Waals surface area contributed by atoms with Gasteiger partial charge in [0, 0.05) is 42.6 Å². The van der Waals surface area contributed by atoms with Gasteiger partial charge in [0.2, 0.25) is 11.7 Å². The lowest BCUT2D eigenvalue weighted by molar-refractivity contribution is 0.0716. The Morgan fingerprint density at radius 2 is 1.85 bits per heavy atom. The highest BCUT2D eigenvalue weighted by atomic mass is 19.1. The zero-order valence-electron chi connectivity index (χ0n) is 18.2. The first-order chi connectivity index (χ1) is 16.2. The number of hydrogen-bond acceptors (Lipinski definition) is 7. The molecular weight excluding hydrogens is 451 g/mol. The van der Waals surface area contributed by atoms with Crippen molar-refractivity contribution < 1.29 is 23.1 Å². The summed E-state index contributed by atoms with van der Waals surface area (Å²) < 4.78 is 42.0. The van der Waals surface area contributed by atoms with Crippen molar-refractivity contribution in [2.24, 2.45) is 0 Å². The number of benzene rings is 1. The zero-order valence-corrected chi connectivity index (χ0v) is 18.2. The molecule has 0 spiro atoms. The maximum absolute atomic E-state index is 13.7. The van der Waals surface area contributed by atoms with E-state index in [-0.39, 0.29) is 35.8 Å². The van der Waals surface area contributed by atoms with E-state index in [4.69, 9.17) is 5.41 Å². The van der Waals surface area contributed by atoms with Crippen LogP contribution in [0.4, 0.5) is 13.2 Å². The van der Waals surface area contributed by atoms with Crippen LogP contribution < -0.4 is 5.32 Å². The molecule has 1 aromatic carbocycles. The number of halogens is 3. The predicted octanol–water partition coefficient (Wildman–Crippen LogP) is 2.67. The van der Waals surface area contributed by atoms with Crippen LogP contribution in [0.5, 0.6) is 5.88 Å². The van der Waals surface area contributed by atoms with E-state index in [0.29, 0.717) is 11.3 Å². The summed E-state index contributed by atoms with van der Waals surface area (Å²) in [5.74, 6) is -3.44. The number of likely N-dealkylation sites (tertiary alicyclic amines) is 1. The normalized spacial score (nSPS) is 17.6. The SMILES string of the molecule is CN/C(=C1/CCN(C(=O)c2ncn(-c3cc(F)cnc3O)n2)[C@@H](C)C1=N)c1cc(F)cc(F)c1. The Hall–Kier alpha value is -4.22. The molecule has 4 rings (SSSR count). The van der Waals surface area contributed by atoms with Crippen molar-refractivity contribution in [3.8, 4) is 11.6 Å². The Balaban J connectivity index is 1.60. The van der Waals surface area contributed by atoms with Crippen molar-refractivity contribution in [3.63, 3.8) is 0 Å². The number of amides is 1. The number of pyridine rings is 1. The molecule has 12 heteroatoms. The summed E-state index contributed by atoms with van der Waals surface area (Å²) >= 11 is 0. The van der Waals surface area contributed by atoms with Crippen LogP contribution in [0.25, 0.3) is 11.4 Å². The second-order valence-electron chi connectivity index (χ2n) is 7.61. The third kappa shape index (κ3) is 4.21. The van der Waals surface area contributed by atoms with Crippen LogP contribution >= 0.6 is 0 Å². The molecule has 1 aliphatic heterocycles. The monoisotopic (exact) mass is 471 g/mol. The van der Waals surface area contributed by atoms with Crippen molar-refractivity contribution >= 4 is 17.3 Å². The maximum Gasteiger partial charge on any atom is 0.294 e. The molecule has 9 nitrogen and oxygen atoms in total. The van der Waals surface area contributed by atoms with E-state index in [2.05, 4.69) is 20.4 Å². The molecule has 1 fully saturated rings. The molecule has 3 aromatic rings. The van der Waals surface area contributed by atoms with Crippen molar-refractivity contribution in [3.05, 3.63) is 71.2 Å². The Morgan fingerprint density at radius 3 is 2.53 bits per heavy atom. The van der Waals surface area contributed by atoms with Gasteiger partial charge in [-0.3, -0.25) is 4.79 Å². The minimum absolute atomic E-state index is 0.0859. The molecule has 0 aliphatic carbocycles. The Morgan fingerprint density at radius 1 is 1.15 bits per heavy atom. The molecule has 176 valence electrons. The Kier molecular flexibility index (Phi) is 6.05. The van der Waals surface area contributed by atoms with E-state index in [1.165, 1.54) is 17.0 Å². The van der Waals surface area contributed by atoms with E-state index in [0.717, 1.165) is 29.3 Å². The largest absolute Gasteiger partial charge is 0.492 e. The third-order valence-electron chi connectivity index (χ3n) is 5.52.